The third kappa shape index (κ3) is 180. The molecule has 0 aliphatic carbocycles. The molecular weight excluding hydrogens is 1170 g/mol. The Labute approximate surface area is 612 Å². The zero-order chi connectivity index (χ0) is 68.9. The summed E-state index contributed by atoms with van der Waals surface area (Å²) in [5, 5.41) is 0. The first-order chi connectivity index (χ1) is 44.2. The van der Waals surface area contributed by atoms with Gasteiger partial charge in [-0.05, 0) is 0 Å². The van der Waals surface area contributed by atoms with Crippen LogP contribution < -0.4 is 12.4 Å². The van der Waals surface area contributed by atoms with Crippen molar-refractivity contribution in [2.45, 2.75) is 587 Å². The summed E-state index contributed by atoms with van der Waals surface area (Å²) in [6, 6.07) is 0. The molecular formula is C90H198ClMn+. The van der Waals surface area contributed by atoms with Crippen molar-refractivity contribution in [3.8, 4) is 0 Å². The molecule has 0 aromatic heterocycles. The van der Waals surface area contributed by atoms with Crippen molar-refractivity contribution in [2.24, 2.45) is 0 Å². The summed E-state index contributed by atoms with van der Waals surface area (Å²) in [4.78, 5) is 0. The molecule has 0 aromatic rings. The maximum Gasteiger partial charge on any atom is 2.00 e. The van der Waals surface area contributed by atoms with Crippen LogP contribution in [0, 0.1) is 0 Å². The quantitative estimate of drug-likeness (QED) is 0.0421. The van der Waals surface area contributed by atoms with Gasteiger partial charge in [0.15, 0.2) is 0 Å². The average Bonchev–Trinajstić information content (AvgIpc) is 3.56. The van der Waals surface area contributed by atoms with Gasteiger partial charge in [0.2, 0.25) is 0 Å². The molecule has 0 saturated carbocycles. The van der Waals surface area contributed by atoms with E-state index in [1.165, 1.54) is 462 Å². The van der Waals surface area contributed by atoms with Gasteiger partial charge >= 0.3 is 17.1 Å². The van der Waals surface area contributed by atoms with Crippen molar-refractivity contribution in [1.29, 1.82) is 0 Å². The molecule has 1 radical (unpaired) electrons. The minimum Gasteiger partial charge on any atom is -1.00 e. The SMILES string of the molecule is CCCCCCCCCC.CCCCCCCCCC.CCCCCCCCCC.CCCCCCCCCC.CCCCCCCCCC.CCCCCCCCCC.CCCCCCCCCC.CCCCCCCCCC.CCCCCCCCCC.[Cl-].[Mn+2]. The number of hydrogen-bond donors (Lipinski definition) is 0. The zero-order valence-electron chi connectivity index (χ0n) is 69.7. The van der Waals surface area contributed by atoms with Crippen molar-refractivity contribution in [3.63, 3.8) is 0 Å². The summed E-state index contributed by atoms with van der Waals surface area (Å²) in [6.45, 7) is 40.9. The molecule has 0 amide bonds. The van der Waals surface area contributed by atoms with Crippen LogP contribution in [0.25, 0.3) is 0 Å². The molecule has 0 saturated heterocycles. The Morgan fingerprint density at radius 3 is 0.141 bits per heavy atom. The summed E-state index contributed by atoms with van der Waals surface area (Å²) in [5.41, 5.74) is 0. The molecule has 0 aliphatic rings. The molecule has 0 rings (SSSR count). The fourth-order valence-electron chi connectivity index (χ4n) is 10.9. The van der Waals surface area contributed by atoms with E-state index in [1.807, 2.05) is 0 Å². The molecule has 0 aromatic carbocycles. The van der Waals surface area contributed by atoms with E-state index in [4.69, 9.17) is 0 Å². The van der Waals surface area contributed by atoms with Crippen LogP contribution in [0.3, 0.4) is 0 Å². The van der Waals surface area contributed by atoms with Gasteiger partial charge < -0.3 is 12.4 Å². The molecule has 0 nitrogen and oxygen atoms in total. The van der Waals surface area contributed by atoms with E-state index in [9.17, 15) is 0 Å². The van der Waals surface area contributed by atoms with Gasteiger partial charge in [-0.2, -0.15) is 0 Å². The number of hydrogen-bond acceptors (Lipinski definition) is 0. The van der Waals surface area contributed by atoms with Crippen LogP contribution in [0.4, 0.5) is 0 Å². The van der Waals surface area contributed by atoms with Crippen molar-refractivity contribution in [3.05, 3.63) is 0 Å². The molecule has 0 fully saturated rings. The molecule has 571 valence electrons. The van der Waals surface area contributed by atoms with Crippen molar-refractivity contribution >= 4 is 0 Å². The fourth-order valence-corrected chi connectivity index (χ4v) is 10.9. The smallest absolute Gasteiger partial charge is 1.00 e. The molecule has 0 N–H and O–H groups in total. The molecule has 0 unspecified atom stereocenters. The Hall–Kier alpha value is 0.809. The second kappa shape index (κ2) is 143. The first kappa shape index (κ1) is 117. The number of rotatable bonds is 63. The molecule has 2 heteroatoms. The van der Waals surface area contributed by atoms with Gasteiger partial charge in [0.1, 0.15) is 0 Å². The predicted octanol–water partition coefficient (Wildman–Crippen LogP) is 34.3. The van der Waals surface area contributed by atoms with Crippen LogP contribution in [0.1, 0.15) is 587 Å². The standard InChI is InChI=1S/9C10H22.ClH.Mn/c9*1-3-5-7-9-10-8-6-4-2;;/h9*3-10H2,1-2H3;1H;/q;;;;;;;;;;+2/p-1. The van der Waals surface area contributed by atoms with E-state index in [0.29, 0.717) is 0 Å². The first-order valence-electron chi connectivity index (χ1n) is 44.2. The Morgan fingerprint density at radius 1 is 0.0761 bits per heavy atom. The van der Waals surface area contributed by atoms with Gasteiger partial charge in [-0.1, -0.05) is 587 Å². The third-order valence-corrected chi connectivity index (χ3v) is 17.6. The topological polar surface area (TPSA) is 0 Å². The van der Waals surface area contributed by atoms with Gasteiger partial charge in [0.05, 0.1) is 0 Å². The van der Waals surface area contributed by atoms with Gasteiger partial charge in [-0.15, -0.1) is 0 Å². The summed E-state index contributed by atoms with van der Waals surface area (Å²) < 4.78 is 0. The third-order valence-electron chi connectivity index (χ3n) is 17.6. The number of halogens is 1. The largest absolute Gasteiger partial charge is 2.00 e. The van der Waals surface area contributed by atoms with E-state index < -0.39 is 0 Å². The Bertz CT molecular complexity index is 604. The maximum atomic E-state index is 2.27. The summed E-state index contributed by atoms with van der Waals surface area (Å²) in [6.07, 6.45) is 103. The van der Waals surface area contributed by atoms with Gasteiger partial charge in [-0.3, -0.25) is 0 Å². The van der Waals surface area contributed by atoms with Crippen LogP contribution >= 0.6 is 0 Å². The minimum absolute atomic E-state index is 0. The van der Waals surface area contributed by atoms with E-state index in [2.05, 4.69) is 125 Å². The van der Waals surface area contributed by atoms with Crippen LogP contribution in [-0.4, -0.2) is 0 Å². The Balaban J connectivity index is -0.0000000889. The summed E-state index contributed by atoms with van der Waals surface area (Å²) in [7, 11) is 0. The Morgan fingerprint density at radius 2 is 0.109 bits per heavy atom. The number of unbranched alkanes of at least 4 members (excludes halogenated alkanes) is 63. The monoisotopic (exact) mass is 1370 g/mol. The van der Waals surface area contributed by atoms with E-state index in [0.717, 1.165) is 0 Å². The van der Waals surface area contributed by atoms with Crippen LogP contribution in [0.2, 0.25) is 0 Å². The van der Waals surface area contributed by atoms with Crippen LogP contribution in [0.15, 0.2) is 0 Å². The normalized spacial score (nSPS) is 9.98. The zero-order valence-corrected chi connectivity index (χ0v) is 71.6. The minimum atomic E-state index is 0. The molecule has 92 heavy (non-hydrogen) atoms. The molecule has 0 bridgehead atoms. The fraction of sp³-hybridized carbons (Fsp3) is 1.00. The molecule has 0 spiro atoms. The van der Waals surface area contributed by atoms with Gasteiger partial charge in [0, 0.05) is 0 Å². The summed E-state index contributed by atoms with van der Waals surface area (Å²) >= 11 is 0. The second-order valence-electron chi connectivity index (χ2n) is 28.1. The van der Waals surface area contributed by atoms with E-state index in [-0.39, 0.29) is 29.5 Å². The van der Waals surface area contributed by atoms with Gasteiger partial charge in [-0.25, -0.2) is 0 Å². The molecule has 0 aliphatic heterocycles. The van der Waals surface area contributed by atoms with E-state index in [1.54, 1.807) is 0 Å². The predicted molar refractivity (Wildman–Crippen MR) is 435 cm³/mol. The van der Waals surface area contributed by atoms with Crippen LogP contribution in [-0.2, 0) is 17.1 Å². The van der Waals surface area contributed by atoms with Crippen molar-refractivity contribution < 1.29 is 29.5 Å². The van der Waals surface area contributed by atoms with Crippen molar-refractivity contribution in [1.82, 2.24) is 0 Å². The van der Waals surface area contributed by atoms with Gasteiger partial charge in [0.25, 0.3) is 0 Å². The Kier molecular flexibility index (Phi) is 181. The van der Waals surface area contributed by atoms with E-state index >= 15 is 0 Å². The maximum absolute atomic E-state index is 2.27. The molecule has 0 heterocycles. The van der Waals surface area contributed by atoms with Crippen molar-refractivity contribution in [2.75, 3.05) is 0 Å². The summed E-state index contributed by atoms with van der Waals surface area (Å²) in [5.74, 6) is 0. The first-order valence-corrected chi connectivity index (χ1v) is 44.2. The second-order valence-corrected chi connectivity index (χ2v) is 28.1. The average molecular weight is 1370 g/mol. The molecule has 0 atom stereocenters. The van der Waals surface area contributed by atoms with Crippen LogP contribution in [0.5, 0.6) is 0 Å².